The lowest BCUT2D eigenvalue weighted by atomic mass is 9.70. The summed E-state index contributed by atoms with van der Waals surface area (Å²) in [4.78, 5) is 11.2. The number of hydrogen-bond acceptors (Lipinski definition) is 3. The Balaban J connectivity index is 1.85. The molecule has 1 heterocycles. The van der Waals surface area contributed by atoms with Crippen LogP contribution in [0.1, 0.15) is 32.1 Å². The molecule has 1 spiro atoms. The van der Waals surface area contributed by atoms with Crippen molar-refractivity contribution in [3.8, 4) is 0 Å². The highest BCUT2D eigenvalue weighted by Gasteiger charge is 2.41. The fraction of sp³-hybridized carbons (Fsp3) is 0.900. The predicted octanol–water partition coefficient (Wildman–Crippen LogP) is 1.08. The number of piperidine rings is 1. The number of nitrogens with one attached hydrogen (secondary N) is 1. The molecule has 3 heteroatoms. The summed E-state index contributed by atoms with van der Waals surface area (Å²) in [5.74, 6) is 0.0397. The molecule has 2 fully saturated rings. The molecule has 3 nitrogen and oxygen atoms in total. The molecule has 1 N–H and O–H groups in total. The highest BCUT2D eigenvalue weighted by atomic mass is 16.5. The molecule has 1 saturated carbocycles. The van der Waals surface area contributed by atoms with Crippen molar-refractivity contribution in [1.29, 1.82) is 0 Å². The molecule has 2 rings (SSSR count). The van der Waals surface area contributed by atoms with E-state index in [1.54, 1.807) is 0 Å². The van der Waals surface area contributed by atoms with E-state index in [9.17, 15) is 4.79 Å². The molecule has 1 saturated heterocycles. The van der Waals surface area contributed by atoms with Crippen LogP contribution in [0.15, 0.2) is 0 Å². The molecule has 0 aromatic heterocycles. The average molecular weight is 183 g/mol. The van der Waals surface area contributed by atoms with Gasteiger partial charge in [-0.3, -0.25) is 4.79 Å². The Morgan fingerprint density at radius 3 is 2.62 bits per heavy atom. The lowest BCUT2D eigenvalue weighted by molar-refractivity contribution is -0.146. The van der Waals surface area contributed by atoms with E-state index < -0.39 is 0 Å². The average Bonchev–Trinajstić information content (AvgIpc) is 2.14. The molecular formula is C10H17NO2. The van der Waals surface area contributed by atoms with E-state index in [1.165, 1.54) is 26.4 Å². The van der Waals surface area contributed by atoms with Gasteiger partial charge in [0, 0.05) is 12.1 Å². The Bertz CT molecular complexity index is 201. The quantitative estimate of drug-likeness (QED) is 0.618. The van der Waals surface area contributed by atoms with Crippen molar-refractivity contribution in [3.05, 3.63) is 0 Å². The van der Waals surface area contributed by atoms with E-state index in [2.05, 4.69) is 5.32 Å². The highest BCUT2D eigenvalue weighted by Crippen LogP contribution is 2.39. The molecular weight excluding hydrogens is 166 g/mol. The van der Waals surface area contributed by atoms with E-state index in [4.69, 9.17) is 4.74 Å². The third-order valence-electron chi connectivity index (χ3n) is 3.54. The van der Waals surface area contributed by atoms with E-state index in [0.717, 1.165) is 19.4 Å². The molecule has 1 aliphatic carbocycles. The van der Waals surface area contributed by atoms with Gasteiger partial charge in [0.2, 0.25) is 0 Å². The zero-order chi connectivity index (χ0) is 9.31. The maximum absolute atomic E-state index is 11.2. The van der Waals surface area contributed by atoms with Crippen molar-refractivity contribution in [2.45, 2.75) is 37.6 Å². The zero-order valence-electron chi connectivity index (χ0n) is 8.14. The summed E-state index contributed by atoms with van der Waals surface area (Å²) in [6, 6.07) is 0. The normalized spacial score (nSPS) is 31.0. The van der Waals surface area contributed by atoms with Gasteiger partial charge in [0.1, 0.15) is 0 Å². The Morgan fingerprint density at radius 1 is 1.46 bits per heavy atom. The van der Waals surface area contributed by atoms with Crippen LogP contribution < -0.4 is 5.32 Å². The molecule has 1 atom stereocenters. The van der Waals surface area contributed by atoms with Crippen molar-refractivity contribution in [1.82, 2.24) is 5.32 Å². The Hall–Kier alpha value is -0.570. The maximum Gasteiger partial charge on any atom is 0.309 e. The number of carbonyl (C=O) groups is 1. The fourth-order valence-electron chi connectivity index (χ4n) is 2.38. The van der Waals surface area contributed by atoms with Gasteiger partial charge in [0.25, 0.3) is 0 Å². The number of carbonyl (C=O) groups excluding carboxylic acids is 1. The second kappa shape index (κ2) is 3.29. The molecule has 0 radical (unpaired) electrons. The highest BCUT2D eigenvalue weighted by molar-refractivity contribution is 5.72. The van der Waals surface area contributed by atoms with Crippen LogP contribution in [-0.4, -0.2) is 25.2 Å². The summed E-state index contributed by atoms with van der Waals surface area (Å²) in [6.45, 7) is 0.812. The molecule has 0 bridgehead atoms. The summed E-state index contributed by atoms with van der Waals surface area (Å²) < 4.78 is 4.73. The van der Waals surface area contributed by atoms with Crippen molar-refractivity contribution >= 4 is 5.97 Å². The van der Waals surface area contributed by atoms with Gasteiger partial charge in [-0.1, -0.05) is 0 Å². The summed E-state index contributed by atoms with van der Waals surface area (Å²) in [5, 5.41) is 3.50. The monoisotopic (exact) mass is 183 g/mol. The Morgan fingerprint density at radius 2 is 2.23 bits per heavy atom. The van der Waals surface area contributed by atoms with Crippen LogP contribution in [-0.2, 0) is 9.53 Å². The van der Waals surface area contributed by atoms with E-state index in [-0.39, 0.29) is 11.9 Å². The van der Waals surface area contributed by atoms with Gasteiger partial charge < -0.3 is 10.1 Å². The minimum absolute atomic E-state index is 0.0540. The van der Waals surface area contributed by atoms with Gasteiger partial charge in [-0.15, -0.1) is 0 Å². The van der Waals surface area contributed by atoms with Gasteiger partial charge in [0.15, 0.2) is 0 Å². The van der Waals surface area contributed by atoms with E-state index in [0.29, 0.717) is 5.54 Å². The van der Waals surface area contributed by atoms with E-state index in [1.807, 2.05) is 0 Å². The van der Waals surface area contributed by atoms with Gasteiger partial charge in [-0.2, -0.15) is 0 Å². The summed E-state index contributed by atoms with van der Waals surface area (Å²) in [5.41, 5.74) is 0.407. The van der Waals surface area contributed by atoms with Crippen LogP contribution in [0, 0.1) is 5.92 Å². The van der Waals surface area contributed by atoms with Crippen LogP contribution in [0.2, 0.25) is 0 Å². The number of ether oxygens (including phenoxy) is 1. The lowest BCUT2D eigenvalue weighted by Gasteiger charge is -2.47. The standard InChI is InChI=1S/C10H17NO2/c1-13-9(12)8-3-6-10(11-7-8)4-2-5-10/h8,11H,2-7H2,1H3. The molecule has 0 aromatic carbocycles. The molecule has 1 aliphatic heterocycles. The number of rotatable bonds is 1. The van der Waals surface area contributed by atoms with Crippen LogP contribution >= 0.6 is 0 Å². The summed E-state index contributed by atoms with van der Waals surface area (Å²) in [6.07, 6.45) is 6.07. The van der Waals surface area contributed by atoms with E-state index >= 15 is 0 Å². The smallest absolute Gasteiger partial charge is 0.309 e. The molecule has 13 heavy (non-hydrogen) atoms. The molecule has 0 aromatic rings. The first-order valence-electron chi connectivity index (χ1n) is 5.09. The Kier molecular flexibility index (Phi) is 2.28. The largest absolute Gasteiger partial charge is 0.469 e. The third kappa shape index (κ3) is 1.57. The van der Waals surface area contributed by atoms with Crippen LogP contribution in [0.3, 0.4) is 0 Å². The molecule has 1 unspecified atom stereocenters. The first kappa shape index (κ1) is 9.00. The number of methoxy groups -OCH3 is 1. The predicted molar refractivity (Wildman–Crippen MR) is 49.3 cm³/mol. The molecule has 2 aliphatic rings. The second-order valence-corrected chi connectivity index (χ2v) is 4.27. The Labute approximate surface area is 78.8 Å². The van der Waals surface area contributed by atoms with Crippen LogP contribution in [0.5, 0.6) is 0 Å². The summed E-state index contributed by atoms with van der Waals surface area (Å²) in [7, 11) is 1.47. The summed E-state index contributed by atoms with van der Waals surface area (Å²) >= 11 is 0. The number of esters is 1. The lowest BCUT2D eigenvalue weighted by Crippen LogP contribution is -2.56. The van der Waals surface area contributed by atoms with Gasteiger partial charge in [0.05, 0.1) is 13.0 Å². The minimum Gasteiger partial charge on any atom is -0.469 e. The van der Waals surface area contributed by atoms with Gasteiger partial charge in [-0.25, -0.2) is 0 Å². The van der Waals surface area contributed by atoms with Crippen molar-refractivity contribution < 1.29 is 9.53 Å². The third-order valence-corrected chi connectivity index (χ3v) is 3.54. The number of hydrogen-bond donors (Lipinski definition) is 1. The second-order valence-electron chi connectivity index (χ2n) is 4.27. The first-order chi connectivity index (χ1) is 6.26. The van der Waals surface area contributed by atoms with Crippen molar-refractivity contribution in [2.24, 2.45) is 5.92 Å². The molecule has 74 valence electrons. The van der Waals surface area contributed by atoms with Crippen LogP contribution in [0.4, 0.5) is 0 Å². The topological polar surface area (TPSA) is 38.3 Å². The first-order valence-corrected chi connectivity index (χ1v) is 5.09. The SMILES string of the molecule is COC(=O)C1CCC2(CCC2)NC1. The zero-order valence-corrected chi connectivity index (χ0v) is 8.14. The minimum atomic E-state index is -0.0540. The fourth-order valence-corrected chi connectivity index (χ4v) is 2.38. The maximum atomic E-state index is 11.2. The molecule has 0 amide bonds. The van der Waals surface area contributed by atoms with Gasteiger partial charge >= 0.3 is 5.97 Å². The van der Waals surface area contributed by atoms with Crippen molar-refractivity contribution in [2.75, 3.05) is 13.7 Å². The van der Waals surface area contributed by atoms with Crippen LogP contribution in [0.25, 0.3) is 0 Å². The van der Waals surface area contributed by atoms with Crippen molar-refractivity contribution in [3.63, 3.8) is 0 Å². The van der Waals surface area contributed by atoms with Gasteiger partial charge in [-0.05, 0) is 32.1 Å².